The van der Waals surface area contributed by atoms with Gasteiger partial charge in [-0.1, -0.05) is 0 Å². The van der Waals surface area contributed by atoms with Crippen LogP contribution in [-0.4, -0.2) is 58.4 Å². The molecule has 19 heavy (non-hydrogen) atoms. The average Bonchev–Trinajstić information content (AvgIpc) is 2.78. The number of nitrogens with zero attached hydrogens (tertiary/aromatic N) is 3. The summed E-state index contributed by atoms with van der Waals surface area (Å²) >= 11 is 1.10. The molecular formula is C12H19N3O3S. The fraction of sp³-hybridized carbons (Fsp3) is 0.583. The highest BCUT2D eigenvalue weighted by Crippen LogP contribution is 2.11. The molecule has 1 heterocycles. The second kappa shape index (κ2) is 7.20. The average molecular weight is 285 g/mol. The predicted octanol–water partition coefficient (Wildman–Crippen LogP) is 1.14. The van der Waals surface area contributed by atoms with Crippen molar-refractivity contribution in [3.8, 4) is 0 Å². The second-order valence-electron chi connectivity index (χ2n) is 4.19. The number of amides is 1. The minimum Gasteiger partial charge on any atom is -0.476 e. The van der Waals surface area contributed by atoms with E-state index in [4.69, 9.17) is 5.11 Å². The van der Waals surface area contributed by atoms with Gasteiger partial charge in [0.1, 0.15) is 0 Å². The number of hydrogen-bond donors (Lipinski definition) is 1. The summed E-state index contributed by atoms with van der Waals surface area (Å²) in [6, 6.07) is 0. The van der Waals surface area contributed by atoms with Crippen LogP contribution in [0.2, 0.25) is 0 Å². The molecule has 6 nitrogen and oxygen atoms in total. The van der Waals surface area contributed by atoms with E-state index < -0.39 is 5.97 Å². The van der Waals surface area contributed by atoms with Crippen LogP contribution in [0.5, 0.6) is 0 Å². The minimum absolute atomic E-state index is 0.0705. The number of thiazole rings is 1. The molecule has 0 aliphatic rings. The van der Waals surface area contributed by atoms with Gasteiger partial charge in [-0.3, -0.25) is 9.69 Å². The van der Waals surface area contributed by atoms with E-state index in [9.17, 15) is 9.59 Å². The Balaban J connectivity index is 2.52. The van der Waals surface area contributed by atoms with Crippen molar-refractivity contribution in [1.29, 1.82) is 0 Å². The molecule has 0 fully saturated rings. The van der Waals surface area contributed by atoms with Gasteiger partial charge >= 0.3 is 5.97 Å². The topological polar surface area (TPSA) is 73.7 Å². The first kappa shape index (κ1) is 15.6. The summed E-state index contributed by atoms with van der Waals surface area (Å²) in [5, 5.41) is 10.6. The molecule has 0 unspecified atom stereocenters. The van der Waals surface area contributed by atoms with Gasteiger partial charge in [0.25, 0.3) is 0 Å². The van der Waals surface area contributed by atoms with Crippen molar-refractivity contribution in [2.24, 2.45) is 0 Å². The Hall–Kier alpha value is -1.47. The lowest BCUT2D eigenvalue weighted by Gasteiger charge is -2.22. The largest absolute Gasteiger partial charge is 0.476 e. The first-order valence-corrected chi connectivity index (χ1v) is 6.99. The highest BCUT2D eigenvalue weighted by atomic mass is 32.1. The van der Waals surface area contributed by atoms with Gasteiger partial charge in [0.15, 0.2) is 0 Å². The van der Waals surface area contributed by atoms with Crippen LogP contribution in [0.1, 0.15) is 29.3 Å². The molecule has 1 amide bonds. The number of carboxylic acids is 1. The number of carboxylic acid groups (broad SMARTS) is 1. The van der Waals surface area contributed by atoms with Crippen LogP contribution in [-0.2, 0) is 11.3 Å². The molecule has 1 N–H and O–H groups in total. The molecule has 0 radical (unpaired) electrons. The third-order valence-electron chi connectivity index (χ3n) is 2.69. The number of likely N-dealkylation sites (N-methyl/N-ethyl adjacent to an activating group) is 2. The second-order valence-corrected chi connectivity index (χ2v) is 5.05. The first-order valence-electron chi connectivity index (χ1n) is 6.11. The number of aromatic carboxylic acids is 1. The molecule has 0 saturated carbocycles. The first-order chi connectivity index (χ1) is 8.97. The number of rotatable bonds is 7. The van der Waals surface area contributed by atoms with Crippen LogP contribution in [0.4, 0.5) is 0 Å². The summed E-state index contributed by atoms with van der Waals surface area (Å²) in [6.07, 6.45) is 0. The van der Waals surface area contributed by atoms with Crippen molar-refractivity contribution in [2.75, 3.05) is 26.7 Å². The van der Waals surface area contributed by atoms with Crippen molar-refractivity contribution < 1.29 is 14.7 Å². The Kier molecular flexibility index (Phi) is 5.91. The van der Waals surface area contributed by atoms with Gasteiger partial charge in [-0.05, 0) is 20.9 Å². The molecule has 1 aromatic rings. The molecule has 0 aliphatic carbocycles. The van der Waals surface area contributed by atoms with E-state index in [1.54, 1.807) is 10.3 Å². The zero-order chi connectivity index (χ0) is 14.4. The van der Waals surface area contributed by atoms with Crippen LogP contribution in [0.25, 0.3) is 0 Å². The Morgan fingerprint density at radius 1 is 1.37 bits per heavy atom. The van der Waals surface area contributed by atoms with E-state index in [0.717, 1.165) is 11.3 Å². The molecule has 1 rings (SSSR count). The molecule has 1 aromatic heterocycles. The number of carbonyl (C=O) groups is 2. The highest BCUT2D eigenvalue weighted by Gasteiger charge is 2.14. The van der Waals surface area contributed by atoms with Gasteiger partial charge in [-0.2, -0.15) is 0 Å². The molecule has 0 aliphatic heterocycles. The number of hydrogen-bond acceptors (Lipinski definition) is 5. The maximum atomic E-state index is 11.9. The lowest BCUT2D eigenvalue weighted by molar-refractivity contribution is -0.131. The molecule has 7 heteroatoms. The fourth-order valence-electron chi connectivity index (χ4n) is 1.72. The van der Waals surface area contributed by atoms with Gasteiger partial charge in [0, 0.05) is 25.0 Å². The third kappa shape index (κ3) is 4.60. The normalized spacial score (nSPS) is 10.7. The van der Waals surface area contributed by atoms with E-state index >= 15 is 0 Å². The van der Waals surface area contributed by atoms with E-state index in [1.165, 1.54) is 0 Å². The zero-order valence-electron chi connectivity index (χ0n) is 11.4. The van der Waals surface area contributed by atoms with Crippen molar-refractivity contribution in [3.63, 3.8) is 0 Å². The zero-order valence-corrected chi connectivity index (χ0v) is 12.2. The Morgan fingerprint density at radius 2 is 2.00 bits per heavy atom. The maximum absolute atomic E-state index is 11.9. The third-order valence-corrected chi connectivity index (χ3v) is 3.57. The molecule has 0 spiro atoms. The molecule has 0 saturated heterocycles. The van der Waals surface area contributed by atoms with E-state index in [1.807, 2.05) is 25.8 Å². The minimum atomic E-state index is -1.02. The summed E-state index contributed by atoms with van der Waals surface area (Å²) in [6.45, 7) is 6.06. The van der Waals surface area contributed by atoms with Crippen LogP contribution in [0, 0.1) is 0 Å². The smallest absolute Gasteiger partial charge is 0.365 e. The van der Waals surface area contributed by atoms with Gasteiger partial charge < -0.3 is 10.0 Å². The summed E-state index contributed by atoms with van der Waals surface area (Å²) in [5.41, 5.74) is 0.678. The quantitative estimate of drug-likeness (QED) is 0.813. The van der Waals surface area contributed by atoms with Crippen molar-refractivity contribution >= 4 is 23.2 Å². The Bertz CT molecular complexity index is 443. The lowest BCUT2D eigenvalue weighted by atomic mass is 10.4. The highest BCUT2D eigenvalue weighted by molar-refractivity contribution is 7.11. The van der Waals surface area contributed by atoms with Crippen LogP contribution < -0.4 is 0 Å². The van der Waals surface area contributed by atoms with Crippen LogP contribution in [0.3, 0.4) is 0 Å². The Labute approximate surface area is 116 Å². The summed E-state index contributed by atoms with van der Waals surface area (Å²) < 4.78 is 0. The van der Waals surface area contributed by atoms with Gasteiger partial charge in [0.05, 0.1) is 12.2 Å². The van der Waals surface area contributed by atoms with Crippen LogP contribution >= 0.6 is 11.3 Å². The molecular weight excluding hydrogens is 266 g/mol. The van der Waals surface area contributed by atoms with E-state index in [2.05, 4.69) is 4.98 Å². The van der Waals surface area contributed by atoms with E-state index in [-0.39, 0.29) is 10.9 Å². The summed E-state index contributed by atoms with van der Waals surface area (Å²) in [7, 11) is 1.82. The van der Waals surface area contributed by atoms with Gasteiger partial charge in [0.2, 0.25) is 10.9 Å². The van der Waals surface area contributed by atoms with E-state index in [0.29, 0.717) is 31.9 Å². The molecule has 0 atom stereocenters. The Morgan fingerprint density at radius 3 is 2.47 bits per heavy atom. The SMILES string of the molecule is CCN(CC)C(=O)CN(C)Cc1csc(C(=O)O)n1. The van der Waals surface area contributed by atoms with Gasteiger partial charge in [-0.25, -0.2) is 9.78 Å². The fourth-order valence-corrected chi connectivity index (χ4v) is 2.36. The van der Waals surface area contributed by atoms with Crippen molar-refractivity contribution in [3.05, 3.63) is 16.1 Å². The van der Waals surface area contributed by atoms with Crippen LogP contribution in [0.15, 0.2) is 5.38 Å². The lowest BCUT2D eigenvalue weighted by Crippen LogP contribution is -2.38. The summed E-state index contributed by atoms with van der Waals surface area (Å²) in [5.74, 6) is -0.945. The summed E-state index contributed by atoms with van der Waals surface area (Å²) in [4.78, 5) is 30.2. The number of aromatic nitrogens is 1. The van der Waals surface area contributed by atoms with Crippen molar-refractivity contribution in [2.45, 2.75) is 20.4 Å². The maximum Gasteiger partial charge on any atom is 0.365 e. The van der Waals surface area contributed by atoms with Crippen molar-refractivity contribution in [1.82, 2.24) is 14.8 Å². The monoisotopic (exact) mass is 285 g/mol. The molecule has 0 bridgehead atoms. The standard InChI is InChI=1S/C12H19N3O3S/c1-4-15(5-2)10(16)7-14(3)6-9-8-19-11(13-9)12(17)18/h8H,4-7H2,1-3H3,(H,17,18). The predicted molar refractivity (Wildman–Crippen MR) is 73.3 cm³/mol. The number of carbonyl (C=O) groups excluding carboxylic acids is 1. The molecule has 106 valence electrons. The molecule has 0 aromatic carbocycles. The van der Waals surface area contributed by atoms with Gasteiger partial charge in [-0.15, -0.1) is 11.3 Å².